The van der Waals surface area contributed by atoms with Crippen LogP contribution in [0.2, 0.25) is 5.15 Å². The third-order valence-electron chi connectivity index (χ3n) is 2.89. The normalized spacial score (nSPS) is 10.8. The highest BCUT2D eigenvalue weighted by Crippen LogP contribution is 2.27. The fourth-order valence-electron chi connectivity index (χ4n) is 1.91. The van der Waals surface area contributed by atoms with E-state index < -0.39 is 0 Å². The lowest BCUT2D eigenvalue weighted by Crippen LogP contribution is -1.98. The Hall–Kier alpha value is -0.970. The number of hydrogen-bond donors (Lipinski definition) is 0. The van der Waals surface area contributed by atoms with Crippen LogP contribution < -0.4 is 0 Å². The predicted molar refractivity (Wildman–Crippen MR) is 84.9 cm³/mol. The van der Waals surface area contributed by atoms with Crippen molar-refractivity contribution in [2.45, 2.75) is 26.4 Å². The van der Waals surface area contributed by atoms with Crippen LogP contribution in [-0.4, -0.2) is 17.1 Å². The second kappa shape index (κ2) is 7.16. The third-order valence-corrected chi connectivity index (χ3v) is 4.22. The highest BCUT2D eigenvalue weighted by Gasteiger charge is 2.11. The molecule has 2 rings (SSSR count). The van der Waals surface area contributed by atoms with Gasteiger partial charge in [-0.15, -0.1) is 0 Å². The molecule has 1 aromatic heterocycles. The van der Waals surface area contributed by atoms with Crippen molar-refractivity contribution >= 4 is 27.5 Å². The molecule has 5 heteroatoms. The van der Waals surface area contributed by atoms with Crippen LogP contribution in [0.25, 0.3) is 11.4 Å². The first-order valence-corrected chi connectivity index (χ1v) is 7.63. The Morgan fingerprint density at radius 2 is 1.90 bits per heavy atom. The van der Waals surface area contributed by atoms with Crippen LogP contribution in [0.15, 0.2) is 28.7 Å². The van der Waals surface area contributed by atoms with Gasteiger partial charge in [0.05, 0.1) is 16.8 Å². The summed E-state index contributed by atoms with van der Waals surface area (Å²) in [4.78, 5) is 8.93. The lowest BCUT2D eigenvalue weighted by atomic mass is 10.1. The van der Waals surface area contributed by atoms with Gasteiger partial charge in [-0.2, -0.15) is 0 Å². The van der Waals surface area contributed by atoms with E-state index in [-0.39, 0.29) is 0 Å². The minimum atomic E-state index is 0.458. The number of benzene rings is 1. The molecule has 1 heterocycles. The number of aryl methyl sites for hydroxylation is 1. The summed E-state index contributed by atoms with van der Waals surface area (Å²) in [6, 6.07) is 8.00. The van der Waals surface area contributed by atoms with E-state index in [9.17, 15) is 0 Å². The summed E-state index contributed by atoms with van der Waals surface area (Å²) in [6.45, 7) is 2.71. The summed E-state index contributed by atoms with van der Waals surface area (Å²) in [5.41, 5.74) is 3.02. The van der Waals surface area contributed by atoms with E-state index in [0.29, 0.717) is 17.6 Å². The molecule has 1 aromatic carbocycles. The smallest absolute Gasteiger partial charge is 0.161 e. The van der Waals surface area contributed by atoms with Crippen molar-refractivity contribution in [1.82, 2.24) is 9.97 Å². The molecule has 0 fully saturated rings. The second-order valence-corrected chi connectivity index (χ2v) is 5.63. The molecule has 0 aliphatic heterocycles. The molecule has 3 nitrogen and oxygen atoms in total. The largest absolute Gasteiger partial charge is 0.380 e. The maximum Gasteiger partial charge on any atom is 0.161 e. The average molecular weight is 356 g/mol. The predicted octanol–water partition coefficient (Wildman–Crippen LogP) is 4.66. The molecule has 0 unspecified atom stereocenters. The van der Waals surface area contributed by atoms with Crippen LogP contribution in [0.4, 0.5) is 0 Å². The SMILES string of the molecule is CCCc1nc(-c2ccc(COC)cc2)nc(Cl)c1Br. The molecule has 0 radical (unpaired) electrons. The molecule has 0 bridgehead atoms. The molecular formula is C15H16BrClN2O. The Labute approximate surface area is 132 Å². The molecule has 0 saturated carbocycles. The highest BCUT2D eigenvalue weighted by molar-refractivity contribution is 9.10. The molecule has 106 valence electrons. The summed E-state index contributed by atoms with van der Waals surface area (Å²) in [5.74, 6) is 0.658. The van der Waals surface area contributed by atoms with E-state index in [2.05, 4.69) is 32.8 Å². The van der Waals surface area contributed by atoms with Crippen LogP contribution >= 0.6 is 27.5 Å². The first-order valence-electron chi connectivity index (χ1n) is 6.45. The van der Waals surface area contributed by atoms with Gasteiger partial charge < -0.3 is 4.74 Å². The molecule has 0 amide bonds. The summed E-state index contributed by atoms with van der Waals surface area (Å²) < 4.78 is 5.89. The molecule has 2 aromatic rings. The van der Waals surface area contributed by atoms with E-state index in [1.165, 1.54) is 0 Å². The van der Waals surface area contributed by atoms with Gasteiger partial charge in [-0.05, 0) is 27.9 Å². The van der Waals surface area contributed by atoms with Crippen LogP contribution in [-0.2, 0) is 17.8 Å². The standard InChI is InChI=1S/C15H16BrClN2O/c1-3-4-12-13(16)14(17)19-15(18-12)11-7-5-10(6-8-11)9-20-2/h5-8H,3-4,9H2,1-2H3. The third kappa shape index (κ3) is 3.57. The highest BCUT2D eigenvalue weighted by atomic mass is 79.9. The molecule has 0 aliphatic rings. The zero-order chi connectivity index (χ0) is 14.5. The van der Waals surface area contributed by atoms with E-state index in [4.69, 9.17) is 16.3 Å². The summed E-state index contributed by atoms with van der Waals surface area (Å²) in [5, 5.41) is 0.458. The minimum Gasteiger partial charge on any atom is -0.380 e. The van der Waals surface area contributed by atoms with Gasteiger partial charge in [-0.25, -0.2) is 9.97 Å². The van der Waals surface area contributed by atoms with Crippen LogP contribution in [0, 0.1) is 0 Å². The molecular weight excluding hydrogens is 340 g/mol. The van der Waals surface area contributed by atoms with E-state index in [1.807, 2.05) is 24.3 Å². The van der Waals surface area contributed by atoms with Gasteiger partial charge in [0.15, 0.2) is 5.82 Å². The Morgan fingerprint density at radius 1 is 1.20 bits per heavy atom. The van der Waals surface area contributed by atoms with Crippen molar-refractivity contribution in [3.63, 3.8) is 0 Å². The van der Waals surface area contributed by atoms with Gasteiger partial charge in [0.2, 0.25) is 0 Å². The Kier molecular flexibility index (Phi) is 5.52. The zero-order valence-electron chi connectivity index (χ0n) is 11.5. The molecule has 0 N–H and O–H groups in total. The minimum absolute atomic E-state index is 0.458. The molecule has 0 spiro atoms. The van der Waals surface area contributed by atoms with Gasteiger partial charge in [-0.1, -0.05) is 49.2 Å². The number of methoxy groups -OCH3 is 1. The Balaban J connectivity index is 2.36. The number of rotatable bonds is 5. The van der Waals surface area contributed by atoms with E-state index in [0.717, 1.165) is 34.1 Å². The topological polar surface area (TPSA) is 35.0 Å². The average Bonchev–Trinajstić information content (AvgIpc) is 2.45. The number of hydrogen-bond acceptors (Lipinski definition) is 3. The molecule has 0 atom stereocenters. The van der Waals surface area contributed by atoms with Crippen molar-refractivity contribution in [3.8, 4) is 11.4 Å². The van der Waals surface area contributed by atoms with Crippen LogP contribution in [0.5, 0.6) is 0 Å². The molecule has 0 saturated heterocycles. The lowest BCUT2D eigenvalue weighted by molar-refractivity contribution is 0.185. The second-order valence-electron chi connectivity index (χ2n) is 4.48. The van der Waals surface area contributed by atoms with E-state index >= 15 is 0 Å². The fraction of sp³-hybridized carbons (Fsp3) is 0.333. The van der Waals surface area contributed by atoms with Gasteiger partial charge in [0, 0.05) is 12.7 Å². The summed E-state index contributed by atoms with van der Waals surface area (Å²) in [6.07, 6.45) is 1.88. The first-order chi connectivity index (χ1) is 9.65. The Bertz CT molecular complexity index is 587. The quantitative estimate of drug-likeness (QED) is 0.732. The summed E-state index contributed by atoms with van der Waals surface area (Å²) in [7, 11) is 1.68. The maximum absolute atomic E-state index is 6.17. The molecule has 0 aliphatic carbocycles. The van der Waals surface area contributed by atoms with Crippen molar-refractivity contribution in [2.75, 3.05) is 7.11 Å². The van der Waals surface area contributed by atoms with Crippen LogP contribution in [0.1, 0.15) is 24.6 Å². The van der Waals surface area contributed by atoms with Gasteiger partial charge in [-0.3, -0.25) is 0 Å². The Morgan fingerprint density at radius 3 is 2.50 bits per heavy atom. The van der Waals surface area contributed by atoms with Crippen molar-refractivity contribution in [2.24, 2.45) is 0 Å². The zero-order valence-corrected chi connectivity index (χ0v) is 13.8. The maximum atomic E-state index is 6.17. The van der Waals surface area contributed by atoms with Crippen molar-refractivity contribution in [3.05, 3.63) is 45.1 Å². The monoisotopic (exact) mass is 354 g/mol. The van der Waals surface area contributed by atoms with Crippen LogP contribution in [0.3, 0.4) is 0 Å². The van der Waals surface area contributed by atoms with Gasteiger partial charge in [0.25, 0.3) is 0 Å². The number of nitrogens with zero attached hydrogens (tertiary/aromatic N) is 2. The number of halogens is 2. The van der Waals surface area contributed by atoms with Gasteiger partial charge in [0.1, 0.15) is 5.15 Å². The number of aromatic nitrogens is 2. The molecule has 20 heavy (non-hydrogen) atoms. The van der Waals surface area contributed by atoms with Gasteiger partial charge >= 0.3 is 0 Å². The number of ether oxygens (including phenoxy) is 1. The first kappa shape index (κ1) is 15.4. The lowest BCUT2D eigenvalue weighted by Gasteiger charge is -2.08. The fourth-order valence-corrected chi connectivity index (χ4v) is 2.48. The van der Waals surface area contributed by atoms with Crippen molar-refractivity contribution < 1.29 is 4.74 Å². The summed E-state index contributed by atoms with van der Waals surface area (Å²) >= 11 is 9.61. The van der Waals surface area contributed by atoms with Crippen molar-refractivity contribution in [1.29, 1.82) is 0 Å². The van der Waals surface area contributed by atoms with E-state index in [1.54, 1.807) is 7.11 Å².